The van der Waals surface area contributed by atoms with E-state index in [9.17, 15) is 14.4 Å². The second-order valence-corrected chi connectivity index (χ2v) is 7.16. The van der Waals surface area contributed by atoms with Crippen molar-refractivity contribution in [2.24, 2.45) is 5.73 Å². The summed E-state index contributed by atoms with van der Waals surface area (Å²) in [6.45, 7) is 4.69. The summed E-state index contributed by atoms with van der Waals surface area (Å²) >= 11 is 0. The van der Waals surface area contributed by atoms with Gasteiger partial charge in [0.15, 0.2) is 5.78 Å². The average molecular weight is 734 g/mol. The smallest absolute Gasteiger partial charge is 0.870 e. The molecular weight excluding hydrogens is 702 g/mol. The molecule has 1 heterocycles. The molecule has 0 saturated heterocycles. The number of aromatic amines is 1. The van der Waals surface area contributed by atoms with Crippen LogP contribution in [0.25, 0.3) is 11.3 Å². The van der Waals surface area contributed by atoms with Gasteiger partial charge in [-0.1, -0.05) is 0 Å². The number of ketones is 2. The molecule has 2 aromatic carbocycles. The van der Waals surface area contributed by atoms with Gasteiger partial charge in [0, 0.05) is 61.3 Å². The Morgan fingerprint density at radius 2 is 1.41 bits per heavy atom. The third-order valence-corrected chi connectivity index (χ3v) is 4.07. The number of carbonyl (C=O) groups is 2. The van der Waals surface area contributed by atoms with Crippen molar-refractivity contribution in [3.63, 3.8) is 0 Å². The number of nitrogens with two attached hydrogens (primary N) is 1. The molecule has 0 amide bonds. The fraction of sp³-hybridized carbons (Fsp3) is 0.240. The maximum absolute atomic E-state index is 11.4. The van der Waals surface area contributed by atoms with Gasteiger partial charge in [-0.2, -0.15) is 0 Å². The molecule has 0 atom stereocenters. The molecule has 0 saturated carbocycles. The maximum Gasteiger partial charge on any atom is 1.00 e. The van der Waals surface area contributed by atoms with Crippen LogP contribution in [0, 0.1) is 56.4 Å². The van der Waals surface area contributed by atoms with Crippen molar-refractivity contribution < 1.29 is 98.2 Å². The summed E-state index contributed by atoms with van der Waals surface area (Å²) in [5.74, 6) is 1.99. The number of rotatable bonds is 6. The molecule has 0 bridgehead atoms. The number of Topliss-reactive ketones (excluding diaryl/α,β-unsaturated/α-hetero) is 2. The van der Waals surface area contributed by atoms with E-state index in [0.29, 0.717) is 22.8 Å². The number of hydrogen-bond acceptors (Lipinski definition) is 8. The van der Waals surface area contributed by atoms with E-state index in [2.05, 4.69) is 9.97 Å². The van der Waals surface area contributed by atoms with Gasteiger partial charge in [-0.15, -0.1) is 0 Å². The van der Waals surface area contributed by atoms with Crippen LogP contribution in [0.5, 0.6) is 11.5 Å². The van der Waals surface area contributed by atoms with E-state index < -0.39 is 0 Å². The van der Waals surface area contributed by atoms with E-state index in [4.69, 9.17) is 20.6 Å². The zero-order chi connectivity index (χ0) is 25.7. The standard InChI is InChI=1S/C12H12N2O2.C11H12O3.C2H6N2.Ac.Na.H2O/c1-8-13-11(7-12(15)14-8)9-3-5-10(16-2)6-4-9;1-8(12)7-11(13)9-3-5-10(14-2)6-4-9;1-2(3)4;;;/h3-7H,1-2H3,(H,13,14,15);3-6H,7H2,1-2H3;1H3,(H3,3,4);;;1H2/q;;;;+1;/p-1. The minimum atomic E-state index is -0.153. The number of H-pyrrole nitrogens is 1. The Balaban J connectivity index is -0.000000513. The van der Waals surface area contributed by atoms with Crippen LogP contribution >= 0.6 is 0 Å². The predicted molar refractivity (Wildman–Crippen MR) is 134 cm³/mol. The van der Waals surface area contributed by atoms with E-state index in [1.807, 2.05) is 24.3 Å². The predicted octanol–water partition coefficient (Wildman–Crippen LogP) is 0.380. The van der Waals surface area contributed by atoms with Gasteiger partial charge in [0.25, 0.3) is 5.56 Å². The number of amidine groups is 1. The molecule has 0 fully saturated rings. The first-order chi connectivity index (χ1) is 16.0. The van der Waals surface area contributed by atoms with Crippen molar-refractivity contribution in [3.05, 3.63) is 76.3 Å². The number of aromatic nitrogens is 2. The fourth-order valence-electron chi connectivity index (χ4n) is 2.59. The monoisotopic (exact) mass is 733 g/mol. The zero-order valence-electron chi connectivity index (χ0n) is 22.0. The maximum atomic E-state index is 11.4. The number of nitrogens with zero attached hydrogens (tertiary/aromatic N) is 1. The Morgan fingerprint density at radius 1 is 0.973 bits per heavy atom. The van der Waals surface area contributed by atoms with Crippen molar-refractivity contribution in [2.45, 2.75) is 27.2 Å². The molecule has 1 aromatic heterocycles. The van der Waals surface area contributed by atoms with Gasteiger partial charge in [-0.25, -0.2) is 4.98 Å². The molecule has 191 valence electrons. The average Bonchev–Trinajstić information content (AvgIpc) is 2.78. The van der Waals surface area contributed by atoms with Crippen LogP contribution in [-0.2, 0) is 4.79 Å². The molecule has 10 nitrogen and oxygen atoms in total. The minimum absolute atomic E-state index is 0. The largest absolute Gasteiger partial charge is 1.00 e. The van der Waals surface area contributed by atoms with E-state index in [1.165, 1.54) is 19.9 Å². The first-order valence-electron chi connectivity index (χ1n) is 10.3. The fourth-order valence-corrected chi connectivity index (χ4v) is 2.59. The van der Waals surface area contributed by atoms with Gasteiger partial charge in [-0.3, -0.25) is 19.8 Å². The second kappa shape index (κ2) is 21.1. The molecule has 0 spiro atoms. The number of methoxy groups -OCH3 is 2. The number of hydrogen-bond donors (Lipinski definition) is 3. The number of carbonyl (C=O) groups excluding carboxylic acids is 2. The first kappa shape index (κ1) is 39.6. The van der Waals surface area contributed by atoms with Crippen molar-refractivity contribution in [3.8, 4) is 22.8 Å². The van der Waals surface area contributed by atoms with Crippen LogP contribution in [0.15, 0.2) is 59.4 Å². The Morgan fingerprint density at radius 3 is 1.78 bits per heavy atom. The van der Waals surface area contributed by atoms with E-state index in [0.717, 1.165) is 11.3 Å². The Labute approximate surface area is 274 Å². The number of ether oxygens (including phenoxy) is 2. The molecular formula is C25H31AcN4NaO6. The van der Waals surface area contributed by atoms with E-state index in [-0.39, 0.29) is 108 Å². The second-order valence-electron chi connectivity index (χ2n) is 7.16. The van der Waals surface area contributed by atoms with E-state index >= 15 is 0 Å². The number of nitrogens with one attached hydrogen (secondary N) is 2. The molecule has 37 heavy (non-hydrogen) atoms. The first-order valence-corrected chi connectivity index (χ1v) is 10.3. The molecule has 0 aliphatic carbocycles. The van der Waals surface area contributed by atoms with Crippen molar-refractivity contribution >= 4 is 17.4 Å². The molecule has 3 aromatic rings. The SMILES string of the molecule is CC(=N)N.COc1ccc(-c2cc(=O)[nH]c(C)n2)cc1.COc1ccc(C(=O)CC(C)=O)cc1.[Ac].[Na+].[OH-]. The van der Waals surface area contributed by atoms with Crippen LogP contribution in [0.1, 0.15) is 36.5 Å². The zero-order valence-corrected chi connectivity index (χ0v) is 28.7. The number of benzene rings is 2. The Kier molecular flexibility index (Phi) is 22.6. The third kappa shape index (κ3) is 16.6. The van der Waals surface area contributed by atoms with Crippen molar-refractivity contribution in [2.75, 3.05) is 14.2 Å². The van der Waals surface area contributed by atoms with Gasteiger partial charge in [0.2, 0.25) is 0 Å². The van der Waals surface area contributed by atoms with Crippen molar-refractivity contribution in [1.29, 1.82) is 5.41 Å². The number of aryl methyl sites for hydroxylation is 1. The summed E-state index contributed by atoms with van der Waals surface area (Å²) in [5.41, 5.74) is 6.67. The molecule has 0 aliphatic rings. The Bertz CT molecular complexity index is 1170. The summed E-state index contributed by atoms with van der Waals surface area (Å²) in [6.07, 6.45) is -0.0354. The van der Waals surface area contributed by atoms with Crippen LogP contribution in [0.3, 0.4) is 0 Å². The molecule has 5 N–H and O–H groups in total. The van der Waals surface area contributed by atoms with Crippen LogP contribution in [0.2, 0.25) is 0 Å². The quantitative estimate of drug-likeness (QED) is 0.107. The Hall–Kier alpha value is -1.87. The van der Waals surface area contributed by atoms with Gasteiger partial charge in [-0.05, 0) is 69.3 Å². The summed E-state index contributed by atoms with van der Waals surface area (Å²) < 4.78 is 10.0. The van der Waals surface area contributed by atoms with E-state index in [1.54, 1.807) is 45.4 Å². The molecule has 0 unspecified atom stereocenters. The summed E-state index contributed by atoms with van der Waals surface area (Å²) in [4.78, 5) is 40.3. The third-order valence-electron chi connectivity index (χ3n) is 4.07. The topological polar surface area (TPSA) is 178 Å². The minimum Gasteiger partial charge on any atom is -0.870 e. The van der Waals surface area contributed by atoms with Crippen molar-refractivity contribution in [1.82, 2.24) is 9.97 Å². The van der Waals surface area contributed by atoms with Gasteiger partial charge >= 0.3 is 29.6 Å². The molecule has 3 rings (SSSR count). The summed E-state index contributed by atoms with van der Waals surface area (Å²) in [5, 5.41) is 6.28. The van der Waals surface area contributed by atoms with Crippen LogP contribution in [0.4, 0.5) is 0 Å². The molecule has 0 aliphatic heterocycles. The summed E-state index contributed by atoms with van der Waals surface area (Å²) in [6, 6.07) is 15.6. The van der Waals surface area contributed by atoms with Crippen LogP contribution in [-0.4, -0.2) is 47.1 Å². The molecule has 12 heteroatoms. The molecule has 1 radical (unpaired) electrons. The normalized spacial score (nSPS) is 8.68. The van der Waals surface area contributed by atoms with Gasteiger partial charge in [0.05, 0.1) is 32.2 Å². The van der Waals surface area contributed by atoms with Crippen LogP contribution < -0.4 is 50.3 Å². The van der Waals surface area contributed by atoms with Gasteiger partial charge in [0.1, 0.15) is 23.1 Å². The van der Waals surface area contributed by atoms with Gasteiger partial charge < -0.3 is 25.7 Å². The summed E-state index contributed by atoms with van der Waals surface area (Å²) in [7, 11) is 3.18.